The Balaban J connectivity index is 2.36. The highest BCUT2D eigenvalue weighted by Crippen LogP contribution is 2.23. The molecule has 1 fully saturated rings. The van der Waals surface area contributed by atoms with Crippen molar-refractivity contribution in [1.29, 1.82) is 0 Å². The monoisotopic (exact) mass is 346 g/mol. The van der Waals surface area contributed by atoms with Crippen molar-refractivity contribution in [3.05, 3.63) is 28.8 Å². The van der Waals surface area contributed by atoms with E-state index < -0.39 is 16.0 Å². The van der Waals surface area contributed by atoms with Crippen LogP contribution in [0.4, 0.5) is 0 Å². The summed E-state index contributed by atoms with van der Waals surface area (Å²) in [5.41, 5.74) is -0.0269. The van der Waals surface area contributed by atoms with Crippen molar-refractivity contribution in [2.45, 2.75) is 24.3 Å². The Morgan fingerprint density at radius 2 is 2.18 bits per heavy atom. The highest BCUT2D eigenvalue weighted by molar-refractivity contribution is 7.89. The zero-order valence-corrected chi connectivity index (χ0v) is 14.0. The van der Waals surface area contributed by atoms with Crippen LogP contribution in [0.5, 0.6) is 0 Å². The molecule has 1 saturated heterocycles. The maximum absolute atomic E-state index is 12.6. The molecule has 122 valence electrons. The third kappa shape index (κ3) is 3.78. The van der Waals surface area contributed by atoms with Crippen LogP contribution in [0.15, 0.2) is 23.1 Å². The largest absolute Gasteiger partial charge is 0.465 e. The van der Waals surface area contributed by atoms with Crippen molar-refractivity contribution in [2.75, 3.05) is 20.2 Å². The number of halogens is 1. The molecule has 2 unspecified atom stereocenters. The second-order valence-corrected chi connectivity index (χ2v) is 7.45. The lowest BCUT2D eigenvalue weighted by Gasteiger charge is -2.30. The first-order valence-corrected chi connectivity index (χ1v) is 8.82. The third-order valence-corrected chi connectivity index (χ3v) is 5.50. The van der Waals surface area contributed by atoms with Gasteiger partial charge in [0, 0.05) is 11.1 Å². The summed E-state index contributed by atoms with van der Waals surface area (Å²) in [5, 5.41) is 3.45. The van der Waals surface area contributed by atoms with E-state index in [4.69, 9.17) is 11.6 Å². The molecule has 8 heteroatoms. The standard InChI is InChI=1S/C14H19ClN2O4S/c1-9-8-16-6-5-12(9)17-22(19,20)13-7-10(15)3-4-11(13)14(18)21-2/h3-4,7,9,12,16-17H,5-6,8H2,1-2H3. The summed E-state index contributed by atoms with van der Waals surface area (Å²) in [6.45, 7) is 3.46. The van der Waals surface area contributed by atoms with E-state index in [0.717, 1.165) is 13.1 Å². The molecule has 2 N–H and O–H groups in total. The van der Waals surface area contributed by atoms with E-state index in [2.05, 4.69) is 14.8 Å². The first kappa shape index (κ1) is 17.2. The molecule has 1 heterocycles. The van der Waals surface area contributed by atoms with Crippen LogP contribution in [0.3, 0.4) is 0 Å². The Kier molecular flexibility index (Phi) is 5.44. The Morgan fingerprint density at radius 1 is 1.45 bits per heavy atom. The summed E-state index contributed by atoms with van der Waals surface area (Å²) in [5.74, 6) is -0.556. The topological polar surface area (TPSA) is 84.5 Å². The van der Waals surface area contributed by atoms with Gasteiger partial charge in [0.05, 0.1) is 17.6 Å². The molecule has 0 aromatic heterocycles. The zero-order chi connectivity index (χ0) is 16.3. The van der Waals surface area contributed by atoms with Gasteiger partial charge in [-0.3, -0.25) is 0 Å². The van der Waals surface area contributed by atoms with Crippen LogP contribution in [-0.2, 0) is 14.8 Å². The van der Waals surface area contributed by atoms with E-state index >= 15 is 0 Å². The molecule has 1 aromatic carbocycles. The minimum absolute atomic E-state index is 0.0269. The number of esters is 1. The molecule has 0 bridgehead atoms. The van der Waals surface area contributed by atoms with Crippen molar-refractivity contribution in [3.63, 3.8) is 0 Å². The lowest BCUT2D eigenvalue weighted by Crippen LogP contribution is -2.48. The smallest absolute Gasteiger partial charge is 0.339 e. The Hall–Kier alpha value is -1.15. The SMILES string of the molecule is COC(=O)c1ccc(Cl)cc1S(=O)(=O)NC1CCNCC1C. The number of carbonyl (C=O) groups is 1. The number of sulfonamides is 1. The van der Waals surface area contributed by atoms with E-state index in [1.165, 1.54) is 25.3 Å². The quantitative estimate of drug-likeness (QED) is 0.805. The van der Waals surface area contributed by atoms with Crippen molar-refractivity contribution in [3.8, 4) is 0 Å². The first-order chi connectivity index (χ1) is 10.3. The average Bonchev–Trinajstić information content (AvgIpc) is 2.48. The normalized spacial score (nSPS) is 22.3. The van der Waals surface area contributed by atoms with Gasteiger partial charge in [-0.25, -0.2) is 17.9 Å². The van der Waals surface area contributed by atoms with Crippen LogP contribution in [0.1, 0.15) is 23.7 Å². The summed E-state index contributed by atoms with van der Waals surface area (Å²) in [4.78, 5) is 11.6. The maximum atomic E-state index is 12.6. The lowest BCUT2D eigenvalue weighted by atomic mass is 9.97. The van der Waals surface area contributed by atoms with Crippen LogP contribution in [-0.4, -0.2) is 40.6 Å². The average molecular weight is 347 g/mol. The second-order valence-electron chi connectivity index (χ2n) is 5.33. The molecule has 0 aliphatic carbocycles. The van der Waals surface area contributed by atoms with Crippen LogP contribution in [0.25, 0.3) is 0 Å². The molecule has 1 aliphatic heterocycles. The molecule has 2 rings (SSSR count). The fourth-order valence-electron chi connectivity index (χ4n) is 2.45. The number of hydrogen-bond acceptors (Lipinski definition) is 5. The van der Waals surface area contributed by atoms with Crippen molar-refractivity contribution in [2.24, 2.45) is 5.92 Å². The summed E-state index contributed by atoms with van der Waals surface area (Å²) >= 11 is 5.89. The summed E-state index contributed by atoms with van der Waals surface area (Å²) in [6.07, 6.45) is 0.689. The third-order valence-electron chi connectivity index (χ3n) is 3.73. The molecule has 0 amide bonds. The predicted molar refractivity (Wildman–Crippen MR) is 83.6 cm³/mol. The highest BCUT2D eigenvalue weighted by Gasteiger charge is 2.29. The number of ether oxygens (including phenoxy) is 1. The molecule has 0 spiro atoms. The van der Waals surface area contributed by atoms with Crippen molar-refractivity contribution in [1.82, 2.24) is 10.0 Å². The molecule has 0 saturated carbocycles. The number of methoxy groups -OCH3 is 1. The van der Waals surface area contributed by atoms with Gasteiger partial charge in [0.2, 0.25) is 10.0 Å². The summed E-state index contributed by atoms with van der Waals surface area (Å²) in [7, 11) is -2.66. The zero-order valence-electron chi connectivity index (χ0n) is 12.4. The molecular weight excluding hydrogens is 328 g/mol. The fourth-order valence-corrected chi connectivity index (χ4v) is 4.28. The Bertz CT molecular complexity index is 663. The Labute approximate surface area is 135 Å². The number of benzene rings is 1. The van der Waals surface area contributed by atoms with Gasteiger partial charge in [-0.2, -0.15) is 0 Å². The minimum atomic E-state index is -3.86. The van der Waals surface area contributed by atoms with Gasteiger partial charge < -0.3 is 10.1 Å². The predicted octanol–water partition coefficient (Wildman–Crippen LogP) is 1.40. The molecular formula is C14H19ClN2O4S. The van der Waals surface area contributed by atoms with E-state index in [1.807, 2.05) is 6.92 Å². The van der Waals surface area contributed by atoms with E-state index in [9.17, 15) is 13.2 Å². The van der Waals surface area contributed by atoms with E-state index in [-0.39, 0.29) is 27.4 Å². The summed E-state index contributed by atoms with van der Waals surface area (Å²) in [6, 6.07) is 3.90. The molecule has 2 atom stereocenters. The number of rotatable bonds is 4. The maximum Gasteiger partial charge on any atom is 0.339 e. The van der Waals surface area contributed by atoms with Crippen molar-refractivity contribution >= 4 is 27.6 Å². The van der Waals surface area contributed by atoms with Gasteiger partial charge in [0.15, 0.2) is 0 Å². The van der Waals surface area contributed by atoms with Crippen LogP contribution in [0, 0.1) is 5.92 Å². The van der Waals surface area contributed by atoms with Gasteiger partial charge in [-0.05, 0) is 43.6 Å². The van der Waals surface area contributed by atoms with Gasteiger partial charge in [-0.1, -0.05) is 18.5 Å². The molecule has 22 heavy (non-hydrogen) atoms. The second kappa shape index (κ2) is 6.95. The van der Waals surface area contributed by atoms with Gasteiger partial charge in [0.1, 0.15) is 0 Å². The molecule has 1 aliphatic rings. The molecule has 0 radical (unpaired) electrons. The minimum Gasteiger partial charge on any atom is -0.465 e. The number of hydrogen-bond donors (Lipinski definition) is 2. The van der Waals surface area contributed by atoms with E-state index in [0.29, 0.717) is 6.42 Å². The van der Waals surface area contributed by atoms with Gasteiger partial charge in [-0.15, -0.1) is 0 Å². The number of piperidine rings is 1. The van der Waals surface area contributed by atoms with Gasteiger partial charge >= 0.3 is 5.97 Å². The van der Waals surface area contributed by atoms with Gasteiger partial charge in [0.25, 0.3) is 0 Å². The summed E-state index contributed by atoms with van der Waals surface area (Å²) < 4.78 is 32.6. The Morgan fingerprint density at radius 3 is 2.82 bits per heavy atom. The van der Waals surface area contributed by atoms with Crippen LogP contribution in [0.2, 0.25) is 5.02 Å². The van der Waals surface area contributed by atoms with Crippen molar-refractivity contribution < 1.29 is 17.9 Å². The lowest BCUT2D eigenvalue weighted by molar-refractivity contribution is 0.0596. The number of nitrogens with one attached hydrogen (secondary N) is 2. The fraction of sp³-hybridized carbons (Fsp3) is 0.500. The van der Waals surface area contributed by atoms with Crippen LogP contribution < -0.4 is 10.0 Å². The molecule has 1 aromatic rings. The highest BCUT2D eigenvalue weighted by atomic mass is 35.5. The number of carbonyl (C=O) groups excluding carboxylic acids is 1. The first-order valence-electron chi connectivity index (χ1n) is 6.96. The van der Waals surface area contributed by atoms with E-state index in [1.54, 1.807) is 0 Å². The molecule has 6 nitrogen and oxygen atoms in total. The van der Waals surface area contributed by atoms with Crippen LogP contribution >= 0.6 is 11.6 Å².